The fraction of sp³-hybridized carbons (Fsp3) is 0.308. The van der Waals surface area contributed by atoms with Gasteiger partial charge in [0.1, 0.15) is 11.6 Å². The molecule has 8 heteroatoms. The van der Waals surface area contributed by atoms with Crippen molar-refractivity contribution in [3.63, 3.8) is 0 Å². The van der Waals surface area contributed by atoms with Crippen LogP contribution in [0.2, 0.25) is 0 Å². The zero-order valence-corrected chi connectivity index (χ0v) is 13.5. The highest BCUT2D eigenvalue weighted by Crippen LogP contribution is 2.29. The minimum absolute atomic E-state index is 0.136. The monoisotopic (exact) mass is 355 g/mol. The minimum atomic E-state index is -0.354. The molecule has 21 heavy (non-hydrogen) atoms. The second-order valence-corrected chi connectivity index (χ2v) is 5.20. The Labute approximate surface area is 130 Å². The molecule has 112 valence electrons. The third-order valence-electron chi connectivity index (χ3n) is 2.43. The molecule has 0 bridgehead atoms. The normalized spacial score (nSPS) is 10.3. The highest BCUT2D eigenvalue weighted by atomic mass is 79.9. The molecule has 0 saturated carbocycles. The van der Waals surface area contributed by atoms with E-state index in [1.165, 1.54) is 18.2 Å². The summed E-state index contributed by atoms with van der Waals surface area (Å²) in [5, 5.41) is 3.01. The molecular formula is C13H15BrFN5O. The van der Waals surface area contributed by atoms with Crippen molar-refractivity contribution < 1.29 is 9.13 Å². The summed E-state index contributed by atoms with van der Waals surface area (Å²) in [5.74, 6) is 0.959. The number of hydrogen-bond donors (Lipinski definition) is 1. The molecule has 0 amide bonds. The largest absolute Gasteiger partial charge is 0.423 e. The summed E-state index contributed by atoms with van der Waals surface area (Å²) in [6.07, 6.45) is 0. The van der Waals surface area contributed by atoms with Gasteiger partial charge in [0.05, 0.1) is 4.47 Å². The number of rotatable bonds is 5. The lowest BCUT2D eigenvalue weighted by Gasteiger charge is -2.13. The van der Waals surface area contributed by atoms with E-state index < -0.39 is 0 Å². The maximum absolute atomic E-state index is 13.1. The average Bonchev–Trinajstić information content (AvgIpc) is 2.42. The highest BCUT2D eigenvalue weighted by molar-refractivity contribution is 9.10. The molecule has 0 spiro atoms. The molecule has 0 aliphatic carbocycles. The van der Waals surface area contributed by atoms with Crippen LogP contribution in [0.15, 0.2) is 22.7 Å². The Kier molecular flexibility index (Phi) is 4.89. The molecular weight excluding hydrogens is 341 g/mol. The Balaban J connectivity index is 2.33. The van der Waals surface area contributed by atoms with Gasteiger partial charge in [0.2, 0.25) is 11.9 Å². The van der Waals surface area contributed by atoms with Crippen LogP contribution in [-0.2, 0) is 0 Å². The Bertz CT molecular complexity index is 638. The van der Waals surface area contributed by atoms with Gasteiger partial charge in [0, 0.05) is 20.6 Å². The summed E-state index contributed by atoms with van der Waals surface area (Å²) in [7, 11) is 3.64. The molecule has 2 aromatic rings. The Morgan fingerprint density at radius 2 is 2.05 bits per heavy atom. The lowest BCUT2D eigenvalue weighted by Crippen LogP contribution is -2.15. The molecule has 1 aromatic heterocycles. The van der Waals surface area contributed by atoms with Gasteiger partial charge < -0.3 is 15.0 Å². The average molecular weight is 356 g/mol. The topological polar surface area (TPSA) is 63.2 Å². The molecule has 0 saturated heterocycles. The number of benzene rings is 1. The highest BCUT2D eigenvalue weighted by Gasteiger charge is 2.11. The van der Waals surface area contributed by atoms with Gasteiger partial charge in [0.25, 0.3) is 0 Å². The van der Waals surface area contributed by atoms with Crippen molar-refractivity contribution in [2.24, 2.45) is 0 Å². The lowest BCUT2D eigenvalue weighted by atomic mass is 10.3. The molecule has 1 aromatic carbocycles. The third-order valence-corrected chi connectivity index (χ3v) is 3.05. The number of anilines is 2. The van der Waals surface area contributed by atoms with Gasteiger partial charge in [-0.15, -0.1) is 0 Å². The van der Waals surface area contributed by atoms with Crippen molar-refractivity contribution in [1.82, 2.24) is 15.0 Å². The number of halogens is 2. The lowest BCUT2D eigenvalue weighted by molar-refractivity contribution is 0.436. The summed E-state index contributed by atoms with van der Waals surface area (Å²) in [4.78, 5) is 14.4. The van der Waals surface area contributed by atoms with E-state index >= 15 is 0 Å². The quantitative estimate of drug-likeness (QED) is 0.889. The van der Waals surface area contributed by atoms with E-state index in [0.717, 1.165) is 0 Å². The van der Waals surface area contributed by atoms with E-state index in [0.29, 0.717) is 28.7 Å². The van der Waals surface area contributed by atoms with E-state index in [9.17, 15) is 4.39 Å². The van der Waals surface area contributed by atoms with Gasteiger partial charge in [0.15, 0.2) is 0 Å². The van der Waals surface area contributed by atoms with Crippen LogP contribution in [0.3, 0.4) is 0 Å². The van der Waals surface area contributed by atoms with Crippen molar-refractivity contribution in [2.75, 3.05) is 30.9 Å². The maximum Gasteiger partial charge on any atom is 0.328 e. The molecule has 0 atom stereocenters. The van der Waals surface area contributed by atoms with Crippen LogP contribution in [0.25, 0.3) is 0 Å². The molecule has 6 nitrogen and oxygen atoms in total. The smallest absolute Gasteiger partial charge is 0.328 e. The second kappa shape index (κ2) is 6.66. The van der Waals surface area contributed by atoms with E-state index in [1.54, 1.807) is 4.90 Å². The standard InChI is InChI=1S/C13H15BrFN5O/c1-4-16-11-17-12(20(2)3)19-13(18-11)21-10-6-5-8(15)7-9(10)14/h5-7H,4H2,1-3H3,(H,16,17,18,19). The number of nitrogens with zero attached hydrogens (tertiary/aromatic N) is 4. The van der Waals surface area contributed by atoms with Gasteiger partial charge in [-0.25, -0.2) is 4.39 Å². The van der Waals surface area contributed by atoms with Crippen LogP contribution in [0.1, 0.15) is 6.92 Å². The van der Waals surface area contributed by atoms with Crippen molar-refractivity contribution >= 4 is 27.8 Å². The van der Waals surface area contributed by atoms with Crippen molar-refractivity contribution in [3.05, 3.63) is 28.5 Å². The predicted octanol–water partition coefficient (Wildman–Crippen LogP) is 3.06. The molecule has 0 aliphatic heterocycles. The van der Waals surface area contributed by atoms with Crippen LogP contribution < -0.4 is 15.0 Å². The van der Waals surface area contributed by atoms with Gasteiger partial charge in [-0.3, -0.25) is 0 Å². The first kappa shape index (κ1) is 15.4. The molecule has 0 aliphatic rings. The van der Waals surface area contributed by atoms with Gasteiger partial charge in [-0.1, -0.05) is 0 Å². The summed E-state index contributed by atoms with van der Waals surface area (Å²) in [5.41, 5.74) is 0. The summed E-state index contributed by atoms with van der Waals surface area (Å²) in [6.45, 7) is 2.62. The fourth-order valence-electron chi connectivity index (χ4n) is 1.49. The van der Waals surface area contributed by atoms with Crippen LogP contribution in [0.5, 0.6) is 11.8 Å². The van der Waals surface area contributed by atoms with E-state index in [4.69, 9.17) is 4.74 Å². The van der Waals surface area contributed by atoms with E-state index in [2.05, 4.69) is 36.2 Å². The van der Waals surface area contributed by atoms with Crippen LogP contribution in [-0.4, -0.2) is 35.6 Å². The number of aromatic nitrogens is 3. The van der Waals surface area contributed by atoms with Gasteiger partial charge in [-0.05, 0) is 41.1 Å². The van der Waals surface area contributed by atoms with Crippen molar-refractivity contribution in [2.45, 2.75) is 6.92 Å². The Morgan fingerprint density at radius 3 is 2.67 bits per heavy atom. The fourth-order valence-corrected chi connectivity index (χ4v) is 1.92. The Morgan fingerprint density at radius 1 is 1.29 bits per heavy atom. The van der Waals surface area contributed by atoms with Crippen LogP contribution in [0.4, 0.5) is 16.3 Å². The first-order valence-electron chi connectivity index (χ1n) is 6.29. The summed E-state index contributed by atoms with van der Waals surface area (Å²) < 4.78 is 19.2. The van der Waals surface area contributed by atoms with Gasteiger partial charge >= 0.3 is 6.01 Å². The zero-order valence-electron chi connectivity index (χ0n) is 11.9. The summed E-state index contributed by atoms with van der Waals surface area (Å²) in [6, 6.07) is 4.26. The van der Waals surface area contributed by atoms with E-state index in [1.807, 2.05) is 21.0 Å². The van der Waals surface area contributed by atoms with E-state index in [-0.39, 0.29) is 11.8 Å². The zero-order chi connectivity index (χ0) is 15.4. The molecule has 1 N–H and O–H groups in total. The Hall–Kier alpha value is -1.96. The first-order valence-corrected chi connectivity index (χ1v) is 7.09. The SMILES string of the molecule is CCNc1nc(Oc2ccc(F)cc2Br)nc(N(C)C)n1. The van der Waals surface area contributed by atoms with Crippen molar-refractivity contribution in [1.29, 1.82) is 0 Å². The molecule has 1 heterocycles. The first-order chi connectivity index (χ1) is 9.99. The maximum atomic E-state index is 13.1. The molecule has 0 radical (unpaired) electrons. The summed E-state index contributed by atoms with van der Waals surface area (Å²) >= 11 is 3.24. The van der Waals surface area contributed by atoms with Crippen LogP contribution >= 0.6 is 15.9 Å². The molecule has 0 unspecified atom stereocenters. The minimum Gasteiger partial charge on any atom is -0.423 e. The van der Waals surface area contributed by atoms with Gasteiger partial charge in [-0.2, -0.15) is 15.0 Å². The predicted molar refractivity (Wildman–Crippen MR) is 82.5 cm³/mol. The second-order valence-electron chi connectivity index (χ2n) is 4.34. The number of hydrogen-bond acceptors (Lipinski definition) is 6. The number of ether oxygens (including phenoxy) is 1. The molecule has 2 rings (SSSR count). The van der Waals surface area contributed by atoms with Crippen LogP contribution in [0, 0.1) is 5.82 Å². The van der Waals surface area contributed by atoms with Crippen molar-refractivity contribution in [3.8, 4) is 11.8 Å². The molecule has 0 fully saturated rings. The number of nitrogens with one attached hydrogen (secondary N) is 1. The third kappa shape index (κ3) is 4.01.